The first-order valence-electron chi connectivity index (χ1n) is 8.26. The molecule has 2 aromatic carbocycles. The van der Waals surface area contributed by atoms with Crippen LogP contribution in [0, 0.1) is 6.92 Å². The smallest absolute Gasteiger partial charge is 0.194 e. The standard InChI is InChI=1S/C20H21BrN2O2/c1-14-18(20(25)17-11-16(21)7-8-19(17)22-14)13-23(9-10-24)12-15-5-3-2-4-6-15/h2-8,11,24H,9-10,12-13H2,1H3,(H,22,25). The Bertz CT molecular complexity index is 922. The van der Waals surface area contributed by atoms with Crippen molar-refractivity contribution >= 4 is 26.8 Å². The van der Waals surface area contributed by atoms with Crippen molar-refractivity contribution in [1.29, 1.82) is 0 Å². The summed E-state index contributed by atoms with van der Waals surface area (Å²) in [7, 11) is 0. The van der Waals surface area contributed by atoms with Gasteiger partial charge in [0, 0.05) is 46.3 Å². The Morgan fingerprint density at radius 2 is 1.88 bits per heavy atom. The molecule has 0 fully saturated rings. The first-order chi connectivity index (χ1) is 12.1. The van der Waals surface area contributed by atoms with E-state index in [-0.39, 0.29) is 12.0 Å². The lowest BCUT2D eigenvalue weighted by Crippen LogP contribution is -2.29. The van der Waals surface area contributed by atoms with Gasteiger partial charge in [-0.05, 0) is 30.7 Å². The third-order valence-corrected chi connectivity index (χ3v) is 4.82. The van der Waals surface area contributed by atoms with Crippen LogP contribution in [0.25, 0.3) is 10.9 Å². The molecule has 0 aliphatic heterocycles. The molecule has 0 unspecified atom stereocenters. The highest BCUT2D eigenvalue weighted by Crippen LogP contribution is 2.18. The Kier molecular flexibility index (Phi) is 5.68. The molecule has 0 amide bonds. The van der Waals surface area contributed by atoms with Crippen LogP contribution >= 0.6 is 15.9 Å². The Balaban J connectivity index is 1.95. The molecule has 4 nitrogen and oxygen atoms in total. The Morgan fingerprint density at radius 3 is 2.60 bits per heavy atom. The number of aromatic amines is 1. The van der Waals surface area contributed by atoms with Crippen LogP contribution in [-0.2, 0) is 13.1 Å². The van der Waals surface area contributed by atoms with Crippen LogP contribution in [0.15, 0.2) is 57.8 Å². The SMILES string of the molecule is Cc1[nH]c2ccc(Br)cc2c(=O)c1CN(CCO)Cc1ccccc1. The van der Waals surface area contributed by atoms with Crippen molar-refractivity contribution in [1.82, 2.24) is 9.88 Å². The number of hydrogen-bond acceptors (Lipinski definition) is 3. The van der Waals surface area contributed by atoms with E-state index in [0.29, 0.717) is 25.0 Å². The van der Waals surface area contributed by atoms with Gasteiger partial charge in [0.25, 0.3) is 0 Å². The normalized spacial score (nSPS) is 11.4. The average molecular weight is 401 g/mol. The van der Waals surface area contributed by atoms with Crippen molar-refractivity contribution in [3.05, 3.63) is 80.0 Å². The van der Waals surface area contributed by atoms with Crippen LogP contribution in [0.2, 0.25) is 0 Å². The summed E-state index contributed by atoms with van der Waals surface area (Å²) >= 11 is 3.43. The van der Waals surface area contributed by atoms with Crippen LogP contribution in [0.1, 0.15) is 16.8 Å². The van der Waals surface area contributed by atoms with E-state index in [1.165, 1.54) is 0 Å². The lowest BCUT2D eigenvalue weighted by atomic mass is 10.1. The van der Waals surface area contributed by atoms with Gasteiger partial charge in [-0.1, -0.05) is 46.3 Å². The van der Waals surface area contributed by atoms with Crippen molar-refractivity contribution in [2.45, 2.75) is 20.0 Å². The molecule has 3 rings (SSSR count). The second-order valence-electron chi connectivity index (χ2n) is 6.17. The zero-order valence-electron chi connectivity index (χ0n) is 14.1. The second kappa shape index (κ2) is 7.95. The highest BCUT2D eigenvalue weighted by molar-refractivity contribution is 9.10. The van der Waals surface area contributed by atoms with Gasteiger partial charge in [0.15, 0.2) is 5.43 Å². The van der Waals surface area contributed by atoms with Crippen LogP contribution in [0.4, 0.5) is 0 Å². The number of aromatic nitrogens is 1. The fourth-order valence-corrected chi connectivity index (χ4v) is 3.40. The third kappa shape index (κ3) is 4.18. The molecule has 5 heteroatoms. The van der Waals surface area contributed by atoms with Crippen molar-refractivity contribution in [3.8, 4) is 0 Å². The van der Waals surface area contributed by atoms with E-state index in [2.05, 4.69) is 37.9 Å². The molecular formula is C20H21BrN2O2. The molecule has 0 atom stereocenters. The lowest BCUT2D eigenvalue weighted by molar-refractivity contribution is 0.183. The van der Waals surface area contributed by atoms with Gasteiger partial charge in [0.1, 0.15) is 0 Å². The minimum atomic E-state index is 0.0450. The van der Waals surface area contributed by atoms with E-state index in [4.69, 9.17) is 0 Å². The fraction of sp³-hybridized carbons (Fsp3) is 0.250. The number of hydrogen-bond donors (Lipinski definition) is 2. The molecule has 0 aliphatic carbocycles. The molecule has 0 radical (unpaired) electrons. The van der Waals surface area contributed by atoms with E-state index in [0.717, 1.165) is 26.8 Å². The summed E-state index contributed by atoms with van der Waals surface area (Å²) in [5.41, 5.74) is 3.66. The predicted molar refractivity (Wildman–Crippen MR) is 105 cm³/mol. The van der Waals surface area contributed by atoms with Gasteiger partial charge in [0.05, 0.1) is 6.61 Å². The van der Waals surface area contributed by atoms with Crippen molar-refractivity contribution < 1.29 is 5.11 Å². The Morgan fingerprint density at radius 1 is 1.12 bits per heavy atom. The van der Waals surface area contributed by atoms with Gasteiger partial charge in [-0.3, -0.25) is 9.69 Å². The molecular weight excluding hydrogens is 380 g/mol. The summed E-state index contributed by atoms with van der Waals surface area (Å²) in [6, 6.07) is 15.8. The number of aryl methyl sites for hydroxylation is 1. The summed E-state index contributed by atoms with van der Waals surface area (Å²) in [4.78, 5) is 18.4. The fourth-order valence-electron chi connectivity index (χ4n) is 3.03. The summed E-state index contributed by atoms with van der Waals surface area (Å²) in [5, 5.41) is 10.1. The Hall–Kier alpha value is -1.95. The number of fused-ring (bicyclic) bond motifs is 1. The summed E-state index contributed by atoms with van der Waals surface area (Å²) < 4.78 is 0.886. The molecule has 25 heavy (non-hydrogen) atoms. The number of nitrogens with zero attached hydrogens (tertiary/aromatic N) is 1. The van der Waals surface area contributed by atoms with E-state index in [1.807, 2.05) is 43.3 Å². The summed E-state index contributed by atoms with van der Waals surface area (Å²) in [6.45, 7) is 3.70. The first-order valence-corrected chi connectivity index (χ1v) is 9.06. The van der Waals surface area contributed by atoms with Crippen molar-refractivity contribution in [2.75, 3.05) is 13.2 Å². The third-order valence-electron chi connectivity index (χ3n) is 4.32. The minimum absolute atomic E-state index is 0.0450. The number of aliphatic hydroxyl groups is 1. The highest BCUT2D eigenvalue weighted by Gasteiger charge is 2.14. The Labute approximate surface area is 155 Å². The topological polar surface area (TPSA) is 56.3 Å². The van der Waals surface area contributed by atoms with Gasteiger partial charge < -0.3 is 10.1 Å². The molecule has 2 N–H and O–H groups in total. The van der Waals surface area contributed by atoms with Gasteiger partial charge in [-0.25, -0.2) is 0 Å². The lowest BCUT2D eigenvalue weighted by Gasteiger charge is -2.22. The summed E-state index contributed by atoms with van der Waals surface area (Å²) in [6.07, 6.45) is 0. The number of H-pyrrole nitrogens is 1. The number of aliphatic hydroxyl groups excluding tert-OH is 1. The number of rotatable bonds is 6. The van der Waals surface area contributed by atoms with Gasteiger partial charge in [0.2, 0.25) is 0 Å². The zero-order chi connectivity index (χ0) is 17.8. The molecule has 1 heterocycles. The van der Waals surface area contributed by atoms with Crippen LogP contribution < -0.4 is 5.43 Å². The van der Waals surface area contributed by atoms with Crippen LogP contribution in [-0.4, -0.2) is 28.1 Å². The molecule has 0 aliphatic rings. The predicted octanol–water partition coefficient (Wildman–Crippen LogP) is 3.59. The highest BCUT2D eigenvalue weighted by atomic mass is 79.9. The van der Waals surface area contributed by atoms with Crippen LogP contribution in [0.5, 0.6) is 0 Å². The molecule has 130 valence electrons. The quantitative estimate of drug-likeness (QED) is 0.664. The maximum atomic E-state index is 13.0. The maximum Gasteiger partial charge on any atom is 0.194 e. The molecule has 3 aromatic rings. The maximum absolute atomic E-state index is 13.0. The number of benzene rings is 2. The molecule has 0 bridgehead atoms. The zero-order valence-corrected chi connectivity index (χ0v) is 15.7. The van der Waals surface area contributed by atoms with Gasteiger partial charge in [-0.15, -0.1) is 0 Å². The second-order valence-corrected chi connectivity index (χ2v) is 7.08. The monoisotopic (exact) mass is 400 g/mol. The van der Waals surface area contributed by atoms with Crippen molar-refractivity contribution in [3.63, 3.8) is 0 Å². The van der Waals surface area contributed by atoms with Crippen molar-refractivity contribution in [2.24, 2.45) is 0 Å². The van der Waals surface area contributed by atoms with Gasteiger partial charge in [-0.2, -0.15) is 0 Å². The minimum Gasteiger partial charge on any atom is -0.395 e. The molecule has 1 aromatic heterocycles. The largest absolute Gasteiger partial charge is 0.395 e. The average Bonchev–Trinajstić information content (AvgIpc) is 2.60. The summed E-state index contributed by atoms with van der Waals surface area (Å²) in [5.74, 6) is 0. The van der Waals surface area contributed by atoms with E-state index in [9.17, 15) is 9.90 Å². The molecule has 0 saturated heterocycles. The van der Waals surface area contributed by atoms with Gasteiger partial charge >= 0.3 is 0 Å². The molecule has 0 spiro atoms. The number of nitrogens with one attached hydrogen (secondary N) is 1. The number of halogens is 1. The van der Waals surface area contributed by atoms with E-state index < -0.39 is 0 Å². The first kappa shape index (κ1) is 17.9. The van der Waals surface area contributed by atoms with Crippen LogP contribution in [0.3, 0.4) is 0 Å². The number of pyridine rings is 1. The van der Waals surface area contributed by atoms with E-state index in [1.54, 1.807) is 0 Å². The molecule has 0 saturated carbocycles. The van der Waals surface area contributed by atoms with E-state index >= 15 is 0 Å².